The molecule has 1 aliphatic rings. The molecule has 0 saturated carbocycles. The molecule has 0 aliphatic carbocycles. The van der Waals surface area contributed by atoms with Gasteiger partial charge in [-0.05, 0) is 0 Å². The molecule has 4 aromatic rings. The standard InChI is InChI=1S/C28H26N2O8S2Se/c1-3-19(14-28-30(18-40(34,35)36)24-16-22(37-2)10-12-26(24)41-28)13-27-29(17-39(31,32)33)23-15-21(9-11-25(23)38-27)20-7-5-4-6-8-20/h4-16H,3,17-18H2,1-2H3,(H-,31,32,33,34,35,36)/p+1. The molecule has 0 amide bonds. The Hall–Kier alpha value is -3.45. The predicted octanol–water partition coefficient (Wildman–Crippen LogP) is 4.08. The zero-order valence-electron chi connectivity index (χ0n) is 22.1. The number of anilines is 1. The van der Waals surface area contributed by atoms with E-state index in [1.165, 1.54) is 16.6 Å². The second-order valence-electron chi connectivity index (χ2n) is 9.26. The van der Waals surface area contributed by atoms with Gasteiger partial charge in [-0.25, -0.2) is 0 Å². The summed E-state index contributed by atoms with van der Waals surface area (Å²) in [6, 6.07) is 20.4. The van der Waals surface area contributed by atoms with Crippen LogP contribution in [0.25, 0.3) is 27.0 Å². The van der Waals surface area contributed by atoms with Crippen molar-refractivity contribution in [2.45, 2.75) is 19.2 Å². The third kappa shape index (κ3) is 6.72. The summed E-state index contributed by atoms with van der Waals surface area (Å²) in [5.41, 5.74) is 3.61. The molecule has 0 fully saturated rings. The molecule has 0 radical (unpaired) electrons. The van der Waals surface area contributed by atoms with E-state index >= 15 is 0 Å². The van der Waals surface area contributed by atoms with Crippen LogP contribution in [0.15, 0.2) is 84.3 Å². The van der Waals surface area contributed by atoms with Crippen molar-refractivity contribution in [3.8, 4) is 22.6 Å². The van der Waals surface area contributed by atoms with E-state index in [0.29, 0.717) is 39.3 Å². The summed E-state index contributed by atoms with van der Waals surface area (Å²) in [6.07, 6.45) is 3.99. The first kappa shape index (κ1) is 29.1. The van der Waals surface area contributed by atoms with Gasteiger partial charge in [0.1, 0.15) is 0 Å². The molecule has 10 nitrogen and oxygen atoms in total. The van der Waals surface area contributed by atoms with E-state index in [-0.39, 0.29) is 20.4 Å². The first-order valence-electron chi connectivity index (χ1n) is 12.4. The van der Waals surface area contributed by atoms with Crippen LogP contribution >= 0.6 is 0 Å². The number of benzene rings is 3. The Morgan fingerprint density at radius 2 is 1.76 bits per heavy atom. The molecule has 0 bridgehead atoms. The number of ether oxygens (including phenoxy) is 2. The van der Waals surface area contributed by atoms with Crippen molar-refractivity contribution in [2.24, 2.45) is 0 Å². The number of fused-ring (bicyclic) bond motifs is 2. The Bertz CT molecular complexity index is 1900. The number of hydrogen-bond donors (Lipinski definition) is 2. The molecule has 0 unspecified atom stereocenters. The SMILES string of the molecule is CCC(/C=C1\Oc2ccc(-c3ccccc3)cc2N1CS(=O)(=O)O)=C\c1[se]c2ccc(OC)cc2[n+]1CS(=O)(=O)O. The molecule has 2 N–H and O–H groups in total. The fraction of sp³-hybridized carbons (Fsp3) is 0.179. The van der Waals surface area contributed by atoms with Crippen molar-refractivity contribution < 1.29 is 40.0 Å². The van der Waals surface area contributed by atoms with Crippen LogP contribution in [0.5, 0.6) is 11.5 Å². The summed E-state index contributed by atoms with van der Waals surface area (Å²) < 4.78 is 81.7. The zero-order chi connectivity index (χ0) is 29.4. The molecule has 41 heavy (non-hydrogen) atoms. The van der Waals surface area contributed by atoms with Crippen LogP contribution in [0.1, 0.15) is 17.9 Å². The Kier molecular flexibility index (Phi) is 8.11. The minimum absolute atomic E-state index is 0.197. The van der Waals surface area contributed by atoms with Crippen LogP contribution in [0.2, 0.25) is 0 Å². The third-order valence-electron chi connectivity index (χ3n) is 6.39. The molecular formula is C28H27N2O8S2Se+. The second-order valence-corrected chi connectivity index (χ2v) is 14.3. The van der Waals surface area contributed by atoms with E-state index in [1.807, 2.05) is 55.5 Å². The van der Waals surface area contributed by atoms with Gasteiger partial charge in [-0.1, -0.05) is 6.07 Å². The van der Waals surface area contributed by atoms with Crippen LogP contribution < -0.4 is 18.9 Å². The van der Waals surface area contributed by atoms with Gasteiger partial charge in [-0.15, -0.1) is 0 Å². The third-order valence-corrected chi connectivity index (χ3v) is 9.89. The normalized spacial score (nSPS) is 14.9. The Morgan fingerprint density at radius 3 is 2.41 bits per heavy atom. The number of methoxy groups -OCH3 is 1. The minimum atomic E-state index is -4.43. The van der Waals surface area contributed by atoms with Gasteiger partial charge >= 0.3 is 239 Å². The molecule has 214 valence electrons. The Balaban J connectivity index is 1.60. The number of aromatic nitrogens is 1. The molecule has 2 heterocycles. The maximum absolute atomic E-state index is 12.0. The van der Waals surface area contributed by atoms with Crippen molar-refractivity contribution in [3.63, 3.8) is 0 Å². The van der Waals surface area contributed by atoms with Crippen LogP contribution in [-0.2, 0) is 26.1 Å². The molecule has 3 aromatic carbocycles. The molecule has 0 atom stereocenters. The van der Waals surface area contributed by atoms with E-state index in [2.05, 4.69) is 0 Å². The van der Waals surface area contributed by atoms with Gasteiger partial charge in [0.15, 0.2) is 0 Å². The van der Waals surface area contributed by atoms with E-state index < -0.39 is 32.0 Å². The fourth-order valence-electron chi connectivity index (χ4n) is 4.49. The van der Waals surface area contributed by atoms with Crippen molar-refractivity contribution in [2.75, 3.05) is 17.9 Å². The average Bonchev–Trinajstić information content (AvgIpc) is 3.42. The van der Waals surface area contributed by atoms with Gasteiger partial charge in [0.2, 0.25) is 0 Å². The van der Waals surface area contributed by atoms with Crippen molar-refractivity contribution in [3.05, 3.63) is 88.8 Å². The van der Waals surface area contributed by atoms with Crippen LogP contribution in [0, 0.1) is 0 Å². The van der Waals surface area contributed by atoms with Gasteiger partial charge in [0, 0.05) is 0 Å². The molecule has 0 saturated heterocycles. The van der Waals surface area contributed by atoms with Gasteiger partial charge in [0.05, 0.1) is 0 Å². The molecule has 13 heteroatoms. The topological polar surface area (TPSA) is 134 Å². The predicted molar refractivity (Wildman–Crippen MR) is 157 cm³/mol. The molecule has 1 aromatic heterocycles. The van der Waals surface area contributed by atoms with E-state index in [0.717, 1.165) is 15.4 Å². The Morgan fingerprint density at radius 1 is 1.00 bits per heavy atom. The molecule has 5 rings (SSSR count). The zero-order valence-corrected chi connectivity index (χ0v) is 25.4. The summed E-state index contributed by atoms with van der Waals surface area (Å²) in [5, 5.41) is 0. The number of nitrogens with zero attached hydrogens (tertiary/aromatic N) is 2. The molecule has 0 spiro atoms. The van der Waals surface area contributed by atoms with Gasteiger partial charge in [-0.2, -0.15) is 0 Å². The van der Waals surface area contributed by atoms with Crippen molar-refractivity contribution in [1.29, 1.82) is 0 Å². The van der Waals surface area contributed by atoms with Crippen molar-refractivity contribution in [1.82, 2.24) is 0 Å². The van der Waals surface area contributed by atoms with E-state index in [4.69, 9.17) is 9.47 Å². The average molecular weight is 663 g/mol. The summed E-state index contributed by atoms with van der Waals surface area (Å²) in [4.78, 5) is 1.39. The number of allylic oxidation sites excluding steroid dienone is 2. The molecule has 1 aliphatic heterocycles. The van der Waals surface area contributed by atoms with Gasteiger partial charge in [-0.3, -0.25) is 0 Å². The Labute approximate surface area is 244 Å². The van der Waals surface area contributed by atoms with Crippen LogP contribution in [0.3, 0.4) is 0 Å². The van der Waals surface area contributed by atoms with Gasteiger partial charge in [0.25, 0.3) is 0 Å². The maximum atomic E-state index is 12.0. The summed E-state index contributed by atoms with van der Waals surface area (Å²) in [5.74, 6) is -0.173. The monoisotopic (exact) mass is 663 g/mol. The fourth-order valence-corrected chi connectivity index (χ4v) is 8.22. The molecular weight excluding hydrogens is 635 g/mol. The summed E-state index contributed by atoms with van der Waals surface area (Å²) in [7, 11) is -7.27. The number of hydrogen-bond acceptors (Lipinski definition) is 7. The summed E-state index contributed by atoms with van der Waals surface area (Å²) in [6.45, 7) is 1.90. The quantitative estimate of drug-likeness (QED) is 0.155. The van der Waals surface area contributed by atoms with E-state index in [9.17, 15) is 25.9 Å². The van der Waals surface area contributed by atoms with Crippen LogP contribution in [-0.4, -0.2) is 53.4 Å². The van der Waals surface area contributed by atoms with Crippen molar-refractivity contribution >= 4 is 56.3 Å². The summed E-state index contributed by atoms with van der Waals surface area (Å²) >= 11 is -0.288. The van der Waals surface area contributed by atoms with Crippen LogP contribution in [0.4, 0.5) is 5.69 Å². The first-order valence-corrected chi connectivity index (χ1v) is 17.3. The first-order chi connectivity index (χ1) is 19.4. The number of rotatable bonds is 9. The van der Waals surface area contributed by atoms with E-state index in [1.54, 1.807) is 30.3 Å². The second kappa shape index (κ2) is 11.4. The van der Waals surface area contributed by atoms with Gasteiger partial charge < -0.3 is 0 Å².